The van der Waals surface area contributed by atoms with Gasteiger partial charge in [-0.05, 0) is 31.9 Å². The summed E-state index contributed by atoms with van der Waals surface area (Å²) in [5.41, 5.74) is 0.0228. The van der Waals surface area contributed by atoms with Crippen molar-refractivity contribution in [2.75, 3.05) is 38.2 Å². The molecule has 0 radical (unpaired) electrons. The van der Waals surface area contributed by atoms with Crippen LogP contribution < -0.4 is 15.4 Å². The van der Waals surface area contributed by atoms with Crippen LogP contribution in [0.1, 0.15) is 149 Å². The summed E-state index contributed by atoms with van der Waals surface area (Å²) in [4.78, 5) is 51.4. The van der Waals surface area contributed by atoms with E-state index in [0.717, 1.165) is 43.4 Å². The molecule has 0 saturated carbocycles. The van der Waals surface area contributed by atoms with E-state index >= 15 is 0 Å². The number of ether oxygens (including phenoxy) is 3. The van der Waals surface area contributed by atoms with Crippen molar-refractivity contribution in [3.8, 4) is 11.5 Å². The number of carbonyl (C=O) groups excluding carboxylic acids is 4. The topological polar surface area (TPSA) is 144 Å². The van der Waals surface area contributed by atoms with Gasteiger partial charge in [-0.2, -0.15) is 0 Å². The number of amides is 3. The first-order valence-corrected chi connectivity index (χ1v) is 19.0. The molecule has 0 fully saturated rings. The zero-order chi connectivity index (χ0) is 36.0. The van der Waals surface area contributed by atoms with Gasteiger partial charge in [0, 0.05) is 12.6 Å². The van der Waals surface area contributed by atoms with Gasteiger partial charge in [0.25, 0.3) is 0 Å². The number of hydrogen-bond acceptors (Lipinski definition) is 8. The summed E-state index contributed by atoms with van der Waals surface area (Å²) in [6.07, 6.45) is 22.1. The van der Waals surface area contributed by atoms with E-state index < -0.39 is 37.2 Å². The lowest BCUT2D eigenvalue weighted by Gasteiger charge is -2.20. The Morgan fingerprint density at radius 1 is 0.633 bits per heavy atom. The molecule has 0 unspecified atom stereocenters. The van der Waals surface area contributed by atoms with Gasteiger partial charge in [-0.3, -0.25) is 14.5 Å². The predicted molar refractivity (Wildman–Crippen MR) is 194 cm³/mol. The van der Waals surface area contributed by atoms with Crippen molar-refractivity contribution in [3.05, 3.63) is 18.2 Å². The predicted octanol–water partition coefficient (Wildman–Crippen LogP) is 9.26. The van der Waals surface area contributed by atoms with Gasteiger partial charge in [-0.1, -0.05) is 129 Å². The molecule has 11 heteroatoms. The zero-order valence-corrected chi connectivity index (χ0v) is 30.7. The number of nitrogens with zero attached hydrogens (tertiary/aromatic N) is 1. The number of phenols is 1. The number of unbranched alkanes of at least 4 members (excludes halogenated alkanes) is 18. The number of rotatable bonds is 29. The number of carbonyl (C=O) groups is 4. The highest BCUT2D eigenvalue weighted by molar-refractivity contribution is 5.91. The van der Waals surface area contributed by atoms with Gasteiger partial charge in [0.2, 0.25) is 0 Å². The molecule has 49 heavy (non-hydrogen) atoms. The summed E-state index contributed by atoms with van der Waals surface area (Å²) >= 11 is 0. The van der Waals surface area contributed by atoms with Crippen LogP contribution in [-0.4, -0.2) is 66.9 Å². The fourth-order valence-electron chi connectivity index (χ4n) is 5.31. The fourth-order valence-corrected chi connectivity index (χ4v) is 5.31. The second-order valence-corrected chi connectivity index (χ2v) is 12.7. The highest BCUT2D eigenvalue weighted by Crippen LogP contribution is 2.28. The van der Waals surface area contributed by atoms with Gasteiger partial charge >= 0.3 is 24.1 Å². The van der Waals surface area contributed by atoms with Crippen LogP contribution in [0.2, 0.25) is 0 Å². The summed E-state index contributed by atoms with van der Waals surface area (Å²) in [5.74, 6) is -1.54. The number of benzene rings is 1. The van der Waals surface area contributed by atoms with Crippen molar-refractivity contribution in [3.63, 3.8) is 0 Å². The van der Waals surface area contributed by atoms with E-state index in [1.807, 2.05) is 0 Å². The van der Waals surface area contributed by atoms with E-state index in [2.05, 4.69) is 24.5 Å². The highest BCUT2D eigenvalue weighted by Gasteiger charge is 2.24. The average Bonchev–Trinajstić information content (AvgIpc) is 3.07. The summed E-state index contributed by atoms with van der Waals surface area (Å²) in [5, 5.41) is 15.1. The summed E-state index contributed by atoms with van der Waals surface area (Å²) < 4.78 is 16.2. The Bertz CT molecular complexity index is 1010. The minimum absolute atomic E-state index is 0.00272. The standard InChI is InChI=1S/C38H65N3O8/c1-4-7-9-11-13-15-17-19-21-23-27-47-35(43)30-41(31-36(44)48-28-24-22-20-18-16-14-12-10-8-5-2)38(46)49-32-25-26-34(42)33(29-32)40-37(45)39-6-3/h25-26,29,42H,4-24,27-28,30-31H2,1-3H3,(H2,39,40,45). The zero-order valence-electron chi connectivity index (χ0n) is 30.7. The van der Waals surface area contributed by atoms with Crippen LogP contribution in [0, 0.1) is 0 Å². The second-order valence-electron chi connectivity index (χ2n) is 12.7. The Morgan fingerprint density at radius 3 is 1.49 bits per heavy atom. The molecule has 280 valence electrons. The van der Waals surface area contributed by atoms with Crippen LogP contribution in [0.25, 0.3) is 0 Å². The van der Waals surface area contributed by atoms with E-state index in [-0.39, 0.29) is 30.4 Å². The number of anilines is 1. The normalized spacial score (nSPS) is 10.8. The van der Waals surface area contributed by atoms with Crippen molar-refractivity contribution in [1.82, 2.24) is 10.2 Å². The fraction of sp³-hybridized carbons (Fsp3) is 0.737. The number of phenolic OH excluding ortho intramolecular Hbond substituents is 1. The molecule has 0 atom stereocenters. The van der Waals surface area contributed by atoms with E-state index in [9.17, 15) is 24.3 Å². The molecule has 0 aliphatic rings. The lowest BCUT2D eigenvalue weighted by molar-refractivity contribution is -0.148. The molecule has 3 amide bonds. The van der Waals surface area contributed by atoms with E-state index in [4.69, 9.17) is 14.2 Å². The van der Waals surface area contributed by atoms with Gasteiger partial charge in [0.05, 0.1) is 18.9 Å². The Labute approximate surface area is 295 Å². The summed E-state index contributed by atoms with van der Waals surface area (Å²) in [7, 11) is 0. The minimum Gasteiger partial charge on any atom is -0.506 e. The highest BCUT2D eigenvalue weighted by atomic mass is 16.6. The first-order valence-electron chi connectivity index (χ1n) is 19.0. The Balaban J connectivity index is 2.60. The van der Waals surface area contributed by atoms with Crippen LogP contribution >= 0.6 is 0 Å². The molecular weight excluding hydrogens is 626 g/mol. The summed E-state index contributed by atoms with van der Waals surface area (Å²) in [6.45, 7) is 6.03. The van der Waals surface area contributed by atoms with E-state index in [1.165, 1.54) is 108 Å². The van der Waals surface area contributed by atoms with Crippen molar-refractivity contribution in [2.24, 2.45) is 0 Å². The number of urea groups is 1. The van der Waals surface area contributed by atoms with Crippen LogP contribution in [-0.2, 0) is 19.1 Å². The molecule has 0 spiro atoms. The number of nitrogens with one attached hydrogen (secondary N) is 2. The van der Waals surface area contributed by atoms with Gasteiger partial charge in [-0.25, -0.2) is 9.59 Å². The number of hydrogen-bond donors (Lipinski definition) is 3. The third-order valence-corrected chi connectivity index (χ3v) is 8.18. The van der Waals surface area contributed by atoms with E-state index in [0.29, 0.717) is 6.54 Å². The largest absolute Gasteiger partial charge is 0.506 e. The third kappa shape index (κ3) is 23.5. The van der Waals surface area contributed by atoms with Gasteiger partial charge in [0.15, 0.2) is 0 Å². The van der Waals surface area contributed by atoms with Crippen LogP contribution in [0.5, 0.6) is 11.5 Å². The second kappa shape index (κ2) is 29.4. The molecule has 0 heterocycles. The molecule has 3 N–H and O–H groups in total. The van der Waals surface area contributed by atoms with Crippen molar-refractivity contribution >= 4 is 29.8 Å². The van der Waals surface area contributed by atoms with Crippen LogP contribution in [0.4, 0.5) is 15.3 Å². The molecular formula is C38H65N3O8. The summed E-state index contributed by atoms with van der Waals surface area (Å²) in [6, 6.07) is 3.32. The molecule has 0 aromatic heterocycles. The SMILES string of the molecule is CCCCCCCCCCCCOC(=O)CN(CC(=O)OCCCCCCCCCCCC)C(=O)Oc1ccc(O)c(NC(=O)NCC)c1. The van der Waals surface area contributed by atoms with Crippen LogP contribution in [0.3, 0.4) is 0 Å². The van der Waals surface area contributed by atoms with Crippen molar-refractivity contribution < 1.29 is 38.5 Å². The smallest absolute Gasteiger partial charge is 0.416 e. The Hall–Kier alpha value is -3.50. The third-order valence-electron chi connectivity index (χ3n) is 8.18. The molecule has 1 rings (SSSR count). The molecule has 0 aliphatic carbocycles. The molecule has 0 bridgehead atoms. The Morgan fingerprint density at radius 2 is 1.06 bits per heavy atom. The lowest BCUT2D eigenvalue weighted by Crippen LogP contribution is -2.42. The first kappa shape index (κ1) is 43.5. The molecule has 0 aliphatic heterocycles. The number of esters is 2. The Kier molecular flexibility index (Phi) is 26.1. The van der Waals surface area contributed by atoms with Gasteiger partial charge in [-0.15, -0.1) is 0 Å². The average molecular weight is 692 g/mol. The minimum atomic E-state index is -0.971. The van der Waals surface area contributed by atoms with Gasteiger partial charge in [0.1, 0.15) is 24.6 Å². The van der Waals surface area contributed by atoms with Crippen molar-refractivity contribution in [2.45, 2.75) is 149 Å². The van der Waals surface area contributed by atoms with Crippen molar-refractivity contribution in [1.29, 1.82) is 0 Å². The first-order chi connectivity index (χ1) is 23.8. The van der Waals surface area contributed by atoms with E-state index in [1.54, 1.807) is 6.92 Å². The number of aromatic hydroxyl groups is 1. The molecule has 1 aromatic carbocycles. The van der Waals surface area contributed by atoms with Gasteiger partial charge < -0.3 is 30.0 Å². The molecule has 11 nitrogen and oxygen atoms in total. The van der Waals surface area contributed by atoms with Crippen LogP contribution in [0.15, 0.2) is 18.2 Å². The molecule has 1 aromatic rings. The maximum Gasteiger partial charge on any atom is 0.416 e. The monoisotopic (exact) mass is 691 g/mol. The lowest BCUT2D eigenvalue weighted by atomic mass is 10.1. The molecule has 0 saturated heterocycles. The quantitative estimate of drug-likeness (QED) is 0.0429. The maximum absolute atomic E-state index is 13.1. The maximum atomic E-state index is 13.1.